The molecule has 4 atom stereocenters. The highest BCUT2D eigenvalue weighted by molar-refractivity contribution is 6.32. The Hall–Kier alpha value is -3.07. The molecule has 0 spiro atoms. The predicted octanol–water partition coefficient (Wildman–Crippen LogP) is 3.23. The first-order chi connectivity index (χ1) is 14.3. The highest BCUT2D eigenvalue weighted by atomic mass is 35.5. The maximum atomic E-state index is 14.0. The van der Waals surface area contributed by atoms with Crippen LogP contribution in [-0.4, -0.2) is 40.6 Å². The maximum Gasteiger partial charge on any atom is 0.280 e. The van der Waals surface area contributed by atoms with Crippen molar-refractivity contribution in [2.75, 3.05) is 5.01 Å². The van der Waals surface area contributed by atoms with Gasteiger partial charge in [0, 0.05) is 9.95 Å². The van der Waals surface area contributed by atoms with Crippen molar-refractivity contribution in [1.29, 1.82) is 0 Å². The fraction of sp³-hybridized carbons (Fsp3) is 0.350. The zero-order valence-corrected chi connectivity index (χ0v) is 16.6. The van der Waals surface area contributed by atoms with Gasteiger partial charge in [0.1, 0.15) is 6.17 Å². The second-order valence-corrected chi connectivity index (χ2v) is 7.84. The number of nitrogens with zero attached hydrogens (tertiary/aromatic N) is 3. The molecule has 1 aromatic carbocycles. The lowest BCUT2D eigenvalue weighted by molar-refractivity contribution is -0.541. The lowest BCUT2D eigenvalue weighted by Gasteiger charge is -2.36. The van der Waals surface area contributed by atoms with Gasteiger partial charge in [0.2, 0.25) is 0 Å². The van der Waals surface area contributed by atoms with Crippen molar-refractivity contribution >= 4 is 34.7 Å². The molecule has 1 saturated carbocycles. The van der Waals surface area contributed by atoms with E-state index in [1.54, 1.807) is 31.2 Å². The van der Waals surface area contributed by atoms with E-state index in [9.17, 15) is 24.1 Å². The van der Waals surface area contributed by atoms with Crippen LogP contribution < -0.4 is 5.01 Å². The summed E-state index contributed by atoms with van der Waals surface area (Å²) in [5.74, 6) is -1.91. The molecule has 8 nitrogen and oxygen atoms in total. The fourth-order valence-electron chi connectivity index (χ4n) is 3.97. The van der Waals surface area contributed by atoms with Gasteiger partial charge in [-0.05, 0) is 37.6 Å². The normalized spacial score (nSPS) is 30.0. The Bertz CT molecular complexity index is 1040. The Morgan fingerprint density at radius 1 is 1.37 bits per heavy atom. The molecule has 4 rings (SSSR count). The SMILES string of the molecule is CC1=NN(c2cccc(Cl)c2)C(=O)/C1=C/C1=COC2C(CC(F)CC2[N+](=O)[O-])C1=O. The molecule has 1 aromatic rings. The van der Waals surface area contributed by atoms with Crippen LogP contribution in [0.2, 0.25) is 5.02 Å². The second kappa shape index (κ2) is 7.64. The van der Waals surface area contributed by atoms with E-state index in [0.29, 0.717) is 16.4 Å². The molecule has 0 N–H and O–H groups in total. The highest BCUT2D eigenvalue weighted by Crippen LogP contribution is 2.37. The van der Waals surface area contributed by atoms with Gasteiger partial charge < -0.3 is 4.74 Å². The maximum absolute atomic E-state index is 14.0. The van der Waals surface area contributed by atoms with E-state index in [1.165, 1.54) is 11.1 Å². The monoisotopic (exact) mass is 433 g/mol. The molecule has 30 heavy (non-hydrogen) atoms. The smallest absolute Gasteiger partial charge is 0.280 e. The van der Waals surface area contributed by atoms with Crippen LogP contribution in [0.3, 0.4) is 0 Å². The van der Waals surface area contributed by atoms with Crippen molar-refractivity contribution in [3.8, 4) is 0 Å². The molecule has 2 heterocycles. The zero-order valence-electron chi connectivity index (χ0n) is 15.8. The van der Waals surface area contributed by atoms with Gasteiger partial charge in [0.25, 0.3) is 11.9 Å². The van der Waals surface area contributed by atoms with Gasteiger partial charge >= 0.3 is 0 Å². The quantitative estimate of drug-likeness (QED) is 0.413. The Balaban J connectivity index is 1.62. The van der Waals surface area contributed by atoms with Gasteiger partial charge in [-0.3, -0.25) is 19.7 Å². The van der Waals surface area contributed by atoms with Crippen LogP contribution in [0.1, 0.15) is 19.8 Å². The molecule has 2 aliphatic heterocycles. The van der Waals surface area contributed by atoms with Crippen molar-refractivity contribution in [2.24, 2.45) is 11.0 Å². The molecule has 3 aliphatic rings. The molecular formula is C20H17ClFN3O5. The van der Waals surface area contributed by atoms with Crippen LogP contribution in [0.15, 0.2) is 52.9 Å². The third-order valence-electron chi connectivity index (χ3n) is 5.44. The fourth-order valence-corrected chi connectivity index (χ4v) is 4.15. The molecule has 0 radical (unpaired) electrons. The second-order valence-electron chi connectivity index (χ2n) is 7.41. The summed E-state index contributed by atoms with van der Waals surface area (Å²) < 4.78 is 19.5. The first-order valence-electron chi connectivity index (χ1n) is 9.31. The summed E-state index contributed by atoms with van der Waals surface area (Å²) in [5.41, 5.74) is 1.08. The number of ketones is 1. The number of alkyl halides is 1. The average Bonchev–Trinajstić information content (AvgIpc) is 2.98. The number of hydrazone groups is 1. The third kappa shape index (κ3) is 3.49. The molecule has 0 saturated heterocycles. The molecule has 10 heteroatoms. The predicted molar refractivity (Wildman–Crippen MR) is 106 cm³/mol. The van der Waals surface area contributed by atoms with Crippen molar-refractivity contribution in [3.05, 3.63) is 62.9 Å². The standard InChI is InChI=1S/C20H17ClFN3O5/c1-10-15(20(27)24(23-10)14-4-2-3-12(21)6-14)5-11-9-30-19-16(18(11)26)7-13(22)8-17(19)25(28)29/h2-6,9,13,16-17,19H,7-8H2,1H3/b15-5+. The van der Waals surface area contributed by atoms with Crippen molar-refractivity contribution in [3.63, 3.8) is 0 Å². The minimum absolute atomic E-state index is 0.0540. The summed E-state index contributed by atoms with van der Waals surface area (Å²) in [5, 5.41) is 17.1. The van der Waals surface area contributed by atoms with Crippen LogP contribution >= 0.6 is 11.6 Å². The largest absolute Gasteiger partial charge is 0.489 e. The zero-order chi connectivity index (χ0) is 21.6. The number of hydrogen-bond acceptors (Lipinski definition) is 6. The van der Waals surface area contributed by atoms with E-state index in [1.807, 2.05) is 0 Å². The van der Waals surface area contributed by atoms with Gasteiger partial charge in [-0.25, -0.2) is 4.39 Å². The number of allylic oxidation sites excluding steroid dienone is 2. The molecule has 4 unspecified atom stereocenters. The molecule has 1 aliphatic carbocycles. The van der Waals surface area contributed by atoms with Crippen LogP contribution in [0.25, 0.3) is 0 Å². The van der Waals surface area contributed by atoms with E-state index in [4.69, 9.17) is 16.3 Å². The minimum Gasteiger partial charge on any atom is -0.489 e. The molecule has 0 bridgehead atoms. The minimum atomic E-state index is -1.46. The van der Waals surface area contributed by atoms with E-state index in [-0.39, 0.29) is 24.0 Å². The number of benzene rings is 1. The number of anilines is 1. The Kier molecular flexibility index (Phi) is 5.15. The first kappa shape index (κ1) is 20.2. The van der Waals surface area contributed by atoms with E-state index < -0.39 is 40.8 Å². The Morgan fingerprint density at radius 3 is 2.83 bits per heavy atom. The molecular weight excluding hydrogens is 417 g/mol. The summed E-state index contributed by atoms with van der Waals surface area (Å²) in [6.07, 6.45) is -0.453. The first-order valence-corrected chi connectivity index (χ1v) is 9.68. The number of amides is 1. The summed E-state index contributed by atoms with van der Waals surface area (Å²) in [6.45, 7) is 1.62. The number of rotatable bonds is 3. The lowest BCUT2D eigenvalue weighted by Crippen LogP contribution is -2.51. The van der Waals surface area contributed by atoms with Gasteiger partial charge in [0.15, 0.2) is 11.9 Å². The molecule has 1 amide bonds. The number of fused-ring (bicyclic) bond motifs is 1. The van der Waals surface area contributed by atoms with Gasteiger partial charge in [0.05, 0.1) is 41.1 Å². The number of halogens is 2. The van der Waals surface area contributed by atoms with Crippen LogP contribution in [0.5, 0.6) is 0 Å². The van der Waals surface area contributed by atoms with Crippen molar-refractivity contribution in [1.82, 2.24) is 0 Å². The van der Waals surface area contributed by atoms with Crippen LogP contribution in [0, 0.1) is 16.0 Å². The number of Topliss-reactive ketones (excluding diaryl/α,β-unsaturated/α-hetero) is 1. The number of nitro groups is 1. The number of hydrogen-bond donors (Lipinski definition) is 0. The number of carbonyl (C=O) groups excluding carboxylic acids is 2. The van der Waals surface area contributed by atoms with Gasteiger partial charge in [-0.15, -0.1) is 0 Å². The van der Waals surface area contributed by atoms with Crippen molar-refractivity contribution < 1.29 is 23.6 Å². The average molecular weight is 434 g/mol. The summed E-state index contributed by atoms with van der Waals surface area (Å²) in [6, 6.07) is 5.31. The van der Waals surface area contributed by atoms with Gasteiger partial charge in [-0.1, -0.05) is 17.7 Å². The van der Waals surface area contributed by atoms with E-state index in [2.05, 4.69) is 5.10 Å². The molecule has 1 fully saturated rings. The summed E-state index contributed by atoms with van der Waals surface area (Å²) in [4.78, 5) is 36.4. The molecule has 156 valence electrons. The van der Waals surface area contributed by atoms with E-state index in [0.717, 1.165) is 6.26 Å². The van der Waals surface area contributed by atoms with E-state index >= 15 is 0 Å². The Labute approximate surface area is 175 Å². The third-order valence-corrected chi connectivity index (χ3v) is 5.68. The highest BCUT2D eigenvalue weighted by Gasteiger charge is 2.51. The number of carbonyl (C=O) groups is 2. The topological polar surface area (TPSA) is 102 Å². The van der Waals surface area contributed by atoms with Crippen LogP contribution in [0.4, 0.5) is 10.1 Å². The number of ether oxygens (including phenoxy) is 1. The lowest BCUT2D eigenvalue weighted by atomic mass is 9.76. The van der Waals surface area contributed by atoms with Crippen molar-refractivity contribution in [2.45, 2.75) is 38.1 Å². The Morgan fingerprint density at radius 2 is 2.13 bits per heavy atom. The van der Waals surface area contributed by atoms with Crippen LogP contribution in [-0.2, 0) is 14.3 Å². The molecule has 0 aromatic heterocycles. The summed E-state index contributed by atoms with van der Waals surface area (Å²) >= 11 is 5.98. The van der Waals surface area contributed by atoms with Gasteiger partial charge in [-0.2, -0.15) is 10.1 Å². The summed E-state index contributed by atoms with van der Waals surface area (Å²) in [7, 11) is 0.